The predicted molar refractivity (Wildman–Crippen MR) is 103 cm³/mol. The SMILES string of the molecule is COc1cccc2c3c([nH]c12)C[C@H]1C[C@]3(c2cccc(O)c2)CCN1C. The summed E-state index contributed by atoms with van der Waals surface area (Å²) in [7, 11) is 3.96. The minimum atomic E-state index is -0.0614. The molecule has 2 atom stereocenters. The van der Waals surface area contributed by atoms with E-state index in [-0.39, 0.29) is 5.41 Å². The number of aromatic hydroxyl groups is 1. The number of aromatic nitrogens is 1. The Balaban J connectivity index is 1.83. The summed E-state index contributed by atoms with van der Waals surface area (Å²) in [5, 5.41) is 11.4. The van der Waals surface area contributed by atoms with Crippen molar-refractivity contribution in [3.05, 3.63) is 59.3 Å². The lowest BCUT2D eigenvalue weighted by atomic mass is 9.61. The molecular formula is C22H24N2O2. The lowest BCUT2D eigenvalue weighted by Gasteiger charge is -2.50. The van der Waals surface area contributed by atoms with Crippen LogP contribution in [0.15, 0.2) is 42.5 Å². The molecule has 1 aliphatic heterocycles. The highest BCUT2D eigenvalue weighted by Gasteiger charge is 2.48. The van der Waals surface area contributed by atoms with E-state index < -0.39 is 0 Å². The van der Waals surface area contributed by atoms with Gasteiger partial charge in [-0.05, 0) is 55.8 Å². The van der Waals surface area contributed by atoms with Crippen molar-refractivity contribution in [1.82, 2.24) is 9.88 Å². The van der Waals surface area contributed by atoms with Gasteiger partial charge in [-0.25, -0.2) is 0 Å². The van der Waals surface area contributed by atoms with E-state index in [1.165, 1.54) is 22.2 Å². The van der Waals surface area contributed by atoms with Gasteiger partial charge in [-0.3, -0.25) is 0 Å². The van der Waals surface area contributed by atoms with Gasteiger partial charge in [0, 0.05) is 29.0 Å². The number of likely N-dealkylation sites (tertiary alicyclic amines) is 1. The second kappa shape index (κ2) is 5.52. The molecule has 2 heterocycles. The average Bonchev–Trinajstić information content (AvgIpc) is 3.04. The van der Waals surface area contributed by atoms with Crippen LogP contribution in [0.1, 0.15) is 29.7 Å². The van der Waals surface area contributed by atoms with Gasteiger partial charge in [0.05, 0.1) is 12.6 Å². The summed E-state index contributed by atoms with van der Waals surface area (Å²) in [5.74, 6) is 1.24. The van der Waals surface area contributed by atoms with Gasteiger partial charge in [-0.1, -0.05) is 24.3 Å². The van der Waals surface area contributed by atoms with Gasteiger partial charge in [0.1, 0.15) is 11.5 Å². The summed E-state index contributed by atoms with van der Waals surface area (Å²) in [4.78, 5) is 6.16. The summed E-state index contributed by atoms with van der Waals surface area (Å²) in [5.41, 5.74) is 4.97. The van der Waals surface area contributed by atoms with Gasteiger partial charge >= 0.3 is 0 Å². The van der Waals surface area contributed by atoms with Crippen molar-refractivity contribution in [3.8, 4) is 11.5 Å². The molecule has 5 rings (SSSR count). The van der Waals surface area contributed by atoms with Crippen molar-refractivity contribution in [3.63, 3.8) is 0 Å². The number of likely N-dealkylation sites (N-methyl/N-ethyl adjacent to an activating group) is 1. The third-order valence-corrected chi connectivity index (χ3v) is 6.51. The summed E-state index contributed by atoms with van der Waals surface area (Å²) in [6.07, 6.45) is 3.18. The number of hydrogen-bond donors (Lipinski definition) is 2. The van der Waals surface area contributed by atoms with Crippen molar-refractivity contribution in [2.45, 2.75) is 30.7 Å². The number of methoxy groups -OCH3 is 1. The Kier molecular flexibility index (Phi) is 3.35. The zero-order valence-electron chi connectivity index (χ0n) is 15.2. The Morgan fingerprint density at radius 2 is 2.08 bits per heavy atom. The molecule has 1 aliphatic carbocycles. The van der Waals surface area contributed by atoms with Gasteiger partial charge in [-0.15, -0.1) is 0 Å². The molecule has 2 aliphatic rings. The van der Waals surface area contributed by atoms with Crippen LogP contribution in [0.5, 0.6) is 11.5 Å². The Bertz CT molecular complexity index is 993. The second-order valence-corrected chi connectivity index (χ2v) is 7.79. The van der Waals surface area contributed by atoms with Crippen LogP contribution in [-0.2, 0) is 11.8 Å². The van der Waals surface area contributed by atoms with Crippen molar-refractivity contribution < 1.29 is 9.84 Å². The molecule has 1 fully saturated rings. The molecule has 0 amide bonds. The van der Waals surface area contributed by atoms with E-state index in [1.807, 2.05) is 18.2 Å². The molecule has 0 radical (unpaired) electrons. The molecule has 3 aromatic rings. The first-order valence-electron chi connectivity index (χ1n) is 9.30. The van der Waals surface area contributed by atoms with E-state index in [1.54, 1.807) is 13.2 Å². The molecule has 4 nitrogen and oxygen atoms in total. The highest BCUT2D eigenvalue weighted by atomic mass is 16.5. The number of para-hydroxylation sites is 1. The number of phenols is 1. The third kappa shape index (κ3) is 2.05. The van der Waals surface area contributed by atoms with Crippen LogP contribution in [0.3, 0.4) is 0 Å². The normalized spacial score (nSPS) is 25.2. The number of hydrogen-bond acceptors (Lipinski definition) is 3. The fourth-order valence-corrected chi connectivity index (χ4v) is 5.22. The van der Waals surface area contributed by atoms with Gasteiger partial charge in [0.2, 0.25) is 0 Å². The van der Waals surface area contributed by atoms with Crippen LogP contribution >= 0.6 is 0 Å². The predicted octanol–water partition coefficient (Wildman–Crippen LogP) is 3.82. The third-order valence-electron chi connectivity index (χ3n) is 6.51. The molecule has 1 saturated heterocycles. The Labute approximate surface area is 153 Å². The van der Waals surface area contributed by atoms with E-state index in [4.69, 9.17) is 4.74 Å². The molecular weight excluding hydrogens is 324 g/mol. The van der Waals surface area contributed by atoms with Gasteiger partial charge in [0.25, 0.3) is 0 Å². The number of ether oxygens (including phenoxy) is 1. The number of nitrogens with zero attached hydrogens (tertiary/aromatic N) is 1. The summed E-state index contributed by atoms with van der Waals surface area (Å²) < 4.78 is 5.61. The van der Waals surface area contributed by atoms with Gasteiger partial charge < -0.3 is 19.7 Å². The molecule has 2 aromatic carbocycles. The molecule has 0 spiro atoms. The topological polar surface area (TPSA) is 48.5 Å². The zero-order chi connectivity index (χ0) is 17.9. The molecule has 1 aromatic heterocycles. The molecule has 134 valence electrons. The van der Waals surface area contributed by atoms with E-state index in [2.05, 4.69) is 35.1 Å². The lowest BCUT2D eigenvalue weighted by molar-refractivity contribution is 0.123. The second-order valence-electron chi connectivity index (χ2n) is 7.79. The van der Waals surface area contributed by atoms with Crippen molar-refractivity contribution >= 4 is 10.9 Å². The molecule has 26 heavy (non-hydrogen) atoms. The van der Waals surface area contributed by atoms with E-state index in [0.29, 0.717) is 11.8 Å². The first-order valence-corrected chi connectivity index (χ1v) is 9.30. The summed E-state index contributed by atoms with van der Waals surface area (Å²) in [6, 6.07) is 14.7. The Morgan fingerprint density at radius 3 is 2.88 bits per heavy atom. The van der Waals surface area contributed by atoms with Gasteiger partial charge in [-0.2, -0.15) is 0 Å². The van der Waals surface area contributed by atoms with Crippen molar-refractivity contribution in [1.29, 1.82) is 0 Å². The first-order chi connectivity index (χ1) is 12.6. The fraction of sp³-hybridized carbons (Fsp3) is 0.364. The van der Waals surface area contributed by atoms with Crippen LogP contribution in [0.25, 0.3) is 10.9 Å². The number of rotatable bonds is 2. The minimum absolute atomic E-state index is 0.0614. The van der Waals surface area contributed by atoms with E-state index >= 15 is 0 Å². The van der Waals surface area contributed by atoms with E-state index in [0.717, 1.165) is 37.1 Å². The lowest BCUT2D eigenvalue weighted by Crippen LogP contribution is -2.52. The molecule has 0 unspecified atom stereocenters. The zero-order valence-corrected chi connectivity index (χ0v) is 15.2. The largest absolute Gasteiger partial charge is 0.508 e. The van der Waals surface area contributed by atoms with Crippen LogP contribution < -0.4 is 4.74 Å². The maximum Gasteiger partial charge on any atom is 0.142 e. The fourth-order valence-electron chi connectivity index (χ4n) is 5.22. The maximum atomic E-state index is 10.1. The monoisotopic (exact) mass is 348 g/mol. The smallest absolute Gasteiger partial charge is 0.142 e. The molecule has 2 bridgehead atoms. The molecule has 0 saturated carbocycles. The first kappa shape index (κ1) is 15.8. The highest BCUT2D eigenvalue weighted by molar-refractivity contribution is 5.91. The number of aromatic amines is 1. The number of H-pyrrole nitrogens is 1. The Morgan fingerprint density at radius 1 is 1.23 bits per heavy atom. The average molecular weight is 348 g/mol. The van der Waals surface area contributed by atoms with Crippen LogP contribution in [0.4, 0.5) is 0 Å². The standard InChI is InChI=1S/C22H24N2O2/c1-24-10-9-22(14-5-3-6-16(25)11-14)13-15(24)12-18-20(22)17-7-4-8-19(26-2)21(17)23-18/h3-8,11,15,23,25H,9-10,12-13H2,1-2H3/t15-,22-/m0/s1. The number of piperidine rings is 1. The molecule has 2 N–H and O–H groups in total. The summed E-state index contributed by atoms with van der Waals surface area (Å²) in [6.45, 7) is 1.07. The van der Waals surface area contributed by atoms with Crippen LogP contribution in [0, 0.1) is 0 Å². The quantitative estimate of drug-likeness (QED) is 0.740. The number of nitrogens with one attached hydrogen (secondary N) is 1. The Hall–Kier alpha value is -2.46. The number of benzene rings is 2. The summed E-state index contributed by atoms with van der Waals surface area (Å²) >= 11 is 0. The number of phenolic OH excluding ortho intramolecular Hbond substituents is 1. The van der Waals surface area contributed by atoms with Crippen molar-refractivity contribution in [2.75, 3.05) is 20.7 Å². The van der Waals surface area contributed by atoms with E-state index in [9.17, 15) is 5.11 Å². The van der Waals surface area contributed by atoms with Crippen LogP contribution in [0.2, 0.25) is 0 Å². The number of fused-ring (bicyclic) bond motifs is 6. The van der Waals surface area contributed by atoms with Crippen LogP contribution in [-0.4, -0.2) is 41.7 Å². The maximum absolute atomic E-state index is 10.1. The van der Waals surface area contributed by atoms with Crippen molar-refractivity contribution in [2.24, 2.45) is 0 Å². The molecule has 4 heteroatoms. The highest BCUT2D eigenvalue weighted by Crippen LogP contribution is 2.52. The van der Waals surface area contributed by atoms with Gasteiger partial charge in [0.15, 0.2) is 0 Å². The minimum Gasteiger partial charge on any atom is -0.508 e.